The normalized spacial score (nSPS) is 12.5. The molecule has 0 N–H and O–H groups in total. The minimum Gasteiger partial charge on any atom is -0.489 e. The molecule has 1 aliphatic rings. The van der Waals surface area contributed by atoms with Crippen LogP contribution in [0.5, 0.6) is 17.2 Å². The highest BCUT2D eigenvalue weighted by Gasteiger charge is 2.18. The summed E-state index contributed by atoms with van der Waals surface area (Å²) in [6, 6.07) is 30.7. The largest absolute Gasteiger partial charge is 0.489 e. The summed E-state index contributed by atoms with van der Waals surface area (Å²) in [5.74, 6) is 3.01. The summed E-state index contributed by atoms with van der Waals surface area (Å²) in [6.45, 7) is 4.72. The number of aryl methyl sites for hydroxylation is 1. The topological polar surface area (TPSA) is 93.0 Å². The van der Waals surface area contributed by atoms with E-state index in [4.69, 9.17) is 23.6 Å². The van der Waals surface area contributed by atoms with E-state index in [1.807, 2.05) is 105 Å². The Balaban J connectivity index is 1.09. The van der Waals surface area contributed by atoms with E-state index in [-0.39, 0.29) is 12.4 Å². The lowest BCUT2D eigenvalue weighted by Gasteiger charge is -2.12. The molecule has 7 aromatic rings. The summed E-state index contributed by atoms with van der Waals surface area (Å²) >= 11 is 3.51. The maximum Gasteiger partial charge on any atom is 0.282 e. The van der Waals surface area contributed by atoms with E-state index in [2.05, 4.69) is 25.6 Å². The molecule has 0 spiro atoms. The summed E-state index contributed by atoms with van der Waals surface area (Å²) in [5, 5.41) is 6.05. The van der Waals surface area contributed by atoms with E-state index in [1.54, 1.807) is 12.3 Å². The van der Waals surface area contributed by atoms with E-state index in [0.29, 0.717) is 34.7 Å². The third kappa shape index (κ3) is 5.36. The van der Waals surface area contributed by atoms with Gasteiger partial charge in [-0.1, -0.05) is 34.1 Å². The van der Waals surface area contributed by atoms with Crippen LogP contribution < -0.4 is 19.8 Å². The van der Waals surface area contributed by atoms with Crippen molar-refractivity contribution in [3.63, 3.8) is 0 Å². The molecule has 0 saturated heterocycles. The van der Waals surface area contributed by atoms with Crippen LogP contribution in [0.4, 0.5) is 0 Å². The van der Waals surface area contributed by atoms with Crippen molar-refractivity contribution in [2.45, 2.75) is 20.5 Å². The number of aromatic nitrogens is 3. The molecule has 0 fully saturated rings. The average molecular weight is 688 g/mol. The first-order valence-electron chi connectivity index (χ1n) is 15.0. The first kappa shape index (κ1) is 28.8. The Morgan fingerprint density at radius 3 is 2.64 bits per heavy atom. The van der Waals surface area contributed by atoms with Gasteiger partial charge in [0, 0.05) is 32.5 Å². The number of benzene rings is 4. The number of fused-ring (bicyclic) bond motifs is 3. The van der Waals surface area contributed by atoms with E-state index in [9.17, 15) is 4.79 Å². The molecule has 232 valence electrons. The van der Waals surface area contributed by atoms with Gasteiger partial charge in [-0.3, -0.25) is 4.79 Å². The van der Waals surface area contributed by atoms with Crippen LogP contribution in [-0.2, 0) is 6.61 Å². The quantitative estimate of drug-likeness (QED) is 0.157. The van der Waals surface area contributed by atoms with Gasteiger partial charge in [0.1, 0.15) is 17.9 Å². The molecule has 0 saturated carbocycles. The number of nitrogens with zero attached hydrogens (tertiary/aromatic N) is 4. The third-order valence-corrected chi connectivity index (χ3v) is 8.67. The zero-order chi connectivity index (χ0) is 32.1. The van der Waals surface area contributed by atoms with Crippen molar-refractivity contribution in [1.29, 1.82) is 0 Å². The van der Waals surface area contributed by atoms with Crippen LogP contribution in [0.1, 0.15) is 22.5 Å². The molecule has 0 amide bonds. The van der Waals surface area contributed by atoms with Gasteiger partial charge in [0.25, 0.3) is 5.56 Å². The highest BCUT2D eigenvalue weighted by molar-refractivity contribution is 9.10. The van der Waals surface area contributed by atoms with Gasteiger partial charge in [0.15, 0.2) is 17.3 Å². The van der Waals surface area contributed by atoms with Gasteiger partial charge in [-0.05, 0) is 98.3 Å². The van der Waals surface area contributed by atoms with Crippen molar-refractivity contribution >= 4 is 44.0 Å². The van der Waals surface area contributed by atoms with Gasteiger partial charge in [-0.2, -0.15) is 9.78 Å². The highest BCUT2D eigenvalue weighted by Crippen LogP contribution is 2.33. The fraction of sp³-hybridized carbons (Fsp3) is 0.108. The molecule has 0 atom stereocenters. The molecular weight excluding hydrogens is 660 g/mol. The predicted octanol–water partition coefficient (Wildman–Crippen LogP) is 8.17. The number of ether oxygens (including phenoxy) is 3. The highest BCUT2D eigenvalue weighted by atomic mass is 79.9. The molecule has 1 aliphatic heterocycles. The maximum atomic E-state index is 13.7. The van der Waals surface area contributed by atoms with E-state index in [1.165, 1.54) is 4.68 Å². The Hall–Kier alpha value is -5.61. The molecule has 47 heavy (non-hydrogen) atoms. The maximum absolute atomic E-state index is 13.7. The van der Waals surface area contributed by atoms with Crippen molar-refractivity contribution in [2.75, 3.05) is 6.79 Å². The second kappa shape index (κ2) is 11.6. The second-order valence-electron chi connectivity index (χ2n) is 11.2. The predicted molar refractivity (Wildman–Crippen MR) is 184 cm³/mol. The Morgan fingerprint density at radius 2 is 1.77 bits per heavy atom. The molecule has 8 rings (SSSR count). The first-order valence-corrected chi connectivity index (χ1v) is 15.8. The number of para-hydroxylation sites is 1. The Bertz CT molecular complexity index is 2410. The van der Waals surface area contributed by atoms with Crippen molar-refractivity contribution in [2.24, 2.45) is 5.10 Å². The molecule has 0 radical (unpaired) electrons. The van der Waals surface area contributed by atoms with Crippen LogP contribution in [-0.4, -0.2) is 27.2 Å². The molecule has 0 unspecified atom stereocenters. The Morgan fingerprint density at radius 1 is 0.936 bits per heavy atom. The number of rotatable bonds is 7. The summed E-state index contributed by atoms with van der Waals surface area (Å²) < 4.78 is 27.4. The fourth-order valence-electron chi connectivity index (χ4n) is 5.84. The van der Waals surface area contributed by atoms with Crippen LogP contribution in [0.15, 0.2) is 116 Å². The minimum absolute atomic E-state index is 0.244. The van der Waals surface area contributed by atoms with Crippen molar-refractivity contribution < 1.29 is 18.6 Å². The Labute approximate surface area is 277 Å². The molecule has 10 heteroatoms. The van der Waals surface area contributed by atoms with Gasteiger partial charge in [0.2, 0.25) is 12.6 Å². The molecule has 0 bridgehead atoms. The zero-order valence-electron chi connectivity index (χ0n) is 25.4. The lowest BCUT2D eigenvalue weighted by atomic mass is 10.2. The molecular formula is C37H27BrN4O5. The number of halogens is 1. The molecule has 4 aromatic carbocycles. The smallest absolute Gasteiger partial charge is 0.282 e. The van der Waals surface area contributed by atoms with Gasteiger partial charge >= 0.3 is 0 Å². The summed E-state index contributed by atoms with van der Waals surface area (Å²) in [6.07, 6.45) is 1.70. The van der Waals surface area contributed by atoms with E-state index in [0.717, 1.165) is 55.3 Å². The van der Waals surface area contributed by atoms with Crippen LogP contribution in [0.25, 0.3) is 39.1 Å². The Kier molecular flexibility index (Phi) is 7.14. The van der Waals surface area contributed by atoms with Crippen molar-refractivity contribution in [1.82, 2.24) is 14.2 Å². The van der Waals surface area contributed by atoms with Crippen molar-refractivity contribution in [3.8, 4) is 34.5 Å². The first-order chi connectivity index (χ1) is 22.9. The van der Waals surface area contributed by atoms with Crippen LogP contribution in [0.3, 0.4) is 0 Å². The monoisotopic (exact) mass is 686 g/mol. The minimum atomic E-state index is -0.284. The van der Waals surface area contributed by atoms with Crippen LogP contribution in [0.2, 0.25) is 0 Å². The van der Waals surface area contributed by atoms with Crippen LogP contribution >= 0.6 is 15.9 Å². The zero-order valence-corrected chi connectivity index (χ0v) is 27.0. The van der Waals surface area contributed by atoms with Gasteiger partial charge in [0.05, 0.1) is 17.1 Å². The van der Waals surface area contributed by atoms with E-state index < -0.39 is 0 Å². The van der Waals surface area contributed by atoms with Crippen LogP contribution in [0, 0.1) is 13.8 Å². The number of hydrogen-bond acceptors (Lipinski definition) is 7. The summed E-state index contributed by atoms with van der Waals surface area (Å²) in [7, 11) is 0. The van der Waals surface area contributed by atoms with Gasteiger partial charge in [-0.25, -0.2) is 4.98 Å². The lowest BCUT2D eigenvalue weighted by molar-refractivity contribution is 0.174. The van der Waals surface area contributed by atoms with Gasteiger partial charge in [-0.15, -0.1) is 0 Å². The summed E-state index contributed by atoms with van der Waals surface area (Å²) in [4.78, 5) is 18.6. The molecule has 3 aromatic heterocycles. The lowest BCUT2D eigenvalue weighted by Crippen LogP contribution is -2.20. The SMILES string of the molecule is Cc1cc(C=Nn2c(-c3cc4cc(Br)ccc4o3)nc3ccccc3c2=O)c(C)n1-c1ccc(OCc2ccc3c(c2)OCO3)cc1. The van der Waals surface area contributed by atoms with Gasteiger partial charge < -0.3 is 23.2 Å². The fourth-order valence-corrected chi connectivity index (χ4v) is 6.22. The van der Waals surface area contributed by atoms with Crippen molar-refractivity contribution in [3.05, 3.63) is 134 Å². The number of hydrogen-bond donors (Lipinski definition) is 0. The number of furan rings is 1. The molecule has 9 nitrogen and oxygen atoms in total. The second-order valence-corrected chi connectivity index (χ2v) is 12.2. The standard InChI is InChI=1S/C37H27BrN4O5/c1-22-15-26(23(2)41(22)28-9-11-29(12-10-28)44-20-24-7-13-33-34(16-24)46-21-45-33)19-39-42-36(40-31-6-4-3-5-30(31)37(42)43)35-18-25-17-27(38)8-14-32(25)47-35/h3-19H,20-21H2,1-2H3. The third-order valence-electron chi connectivity index (χ3n) is 8.17. The molecule has 4 heterocycles. The summed E-state index contributed by atoms with van der Waals surface area (Å²) in [5.41, 5.74) is 5.81. The van der Waals surface area contributed by atoms with E-state index >= 15 is 0 Å². The molecule has 0 aliphatic carbocycles. The average Bonchev–Trinajstić information content (AvgIpc) is 3.80.